The molecule has 0 fully saturated rings. The molecule has 0 aromatic carbocycles. The predicted octanol–water partition coefficient (Wildman–Crippen LogP) is 2.37. The first-order chi connectivity index (χ1) is 9.70. The van der Waals surface area contributed by atoms with Crippen LogP contribution in [0.15, 0.2) is 5.38 Å². The number of carbonyl (C=O) groups is 2. The number of thiazole rings is 1. The van der Waals surface area contributed by atoms with Crippen molar-refractivity contribution in [1.29, 1.82) is 0 Å². The summed E-state index contributed by atoms with van der Waals surface area (Å²) in [5.41, 5.74) is 5.82. The zero-order valence-corrected chi connectivity index (χ0v) is 13.5. The average molecular weight is 313 g/mol. The number of aliphatic carboxylic acids is 1. The highest BCUT2D eigenvalue weighted by Crippen LogP contribution is 2.32. The fraction of sp³-hybridized carbons (Fsp3) is 0.643. The molecule has 1 amide bonds. The molecule has 0 spiro atoms. The number of rotatable bonds is 7. The molecule has 1 unspecified atom stereocenters. The molecule has 1 aromatic heterocycles. The van der Waals surface area contributed by atoms with Gasteiger partial charge in [-0.3, -0.25) is 9.59 Å². The van der Waals surface area contributed by atoms with Crippen molar-refractivity contribution >= 4 is 28.3 Å². The van der Waals surface area contributed by atoms with E-state index in [9.17, 15) is 9.59 Å². The topological polar surface area (TPSA) is 105 Å². The van der Waals surface area contributed by atoms with E-state index in [0.29, 0.717) is 23.8 Å². The van der Waals surface area contributed by atoms with Crippen molar-refractivity contribution < 1.29 is 14.7 Å². The Labute approximate surface area is 128 Å². The van der Waals surface area contributed by atoms with Crippen LogP contribution >= 0.6 is 11.3 Å². The van der Waals surface area contributed by atoms with Crippen molar-refractivity contribution in [3.63, 3.8) is 0 Å². The molecule has 6 nitrogen and oxygen atoms in total. The Morgan fingerprint density at radius 1 is 1.43 bits per heavy atom. The van der Waals surface area contributed by atoms with Crippen molar-refractivity contribution in [2.75, 3.05) is 12.3 Å². The summed E-state index contributed by atoms with van der Waals surface area (Å²) < 4.78 is 0. The molecule has 7 heteroatoms. The van der Waals surface area contributed by atoms with Crippen molar-refractivity contribution in [1.82, 2.24) is 10.3 Å². The van der Waals surface area contributed by atoms with E-state index in [1.807, 2.05) is 0 Å². The van der Waals surface area contributed by atoms with Gasteiger partial charge in [-0.15, -0.1) is 11.3 Å². The van der Waals surface area contributed by atoms with Crippen LogP contribution in [0.5, 0.6) is 0 Å². The monoisotopic (exact) mass is 313 g/mol. The fourth-order valence-electron chi connectivity index (χ4n) is 2.15. The second-order valence-corrected chi connectivity index (χ2v) is 7.00. The zero-order valence-electron chi connectivity index (χ0n) is 12.7. The summed E-state index contributed by atoms with van der Waals surface area (Å²) >= 11 is 1.23. The van der Waals surface area contributed by atoms with Gasteiger partial charge >= 0.3 is 5.97 Å². The number of amides is 1. The molecule has 0 radical (unpaired) electrons. The van der Waals surface area contributed by atoms with Crippen LogP contribution in [0.25, 0.3) is 0 Å². The van der Waals surface area contributed by atoms with Crippen molar-refractivity contribution in [3.05, 3.63) is 11.1 Å². The van der Waals surface area contributed by atoms with Crippen LogP contribution in [-0.2, 0) is 4.79 Å². The zero-order chi connectivity index (χ0) is 16.0. The van der Waals surface area contributed by atoms with Gasteiger partial charge in [0.2, 0.25) is 0 Å². The molecule has 1 rings (SSSR count). The Bertz CT molecular complexity index is 494. The lowest BCUT2D eigenvalue weighted by molar-refractivity contribution is -0.137. The molecule has 21 heavy (non-hydrogen) atoms. The van der Waals surface area contributed by atoms with Gasteiger partial charge < -0.3 is 16.2 Å². The molecule has 0 bridgehead atoms. The van der Waals surface area contributed by atoms with Gasteiger partial charge in [0.05, 0.1) is 0 Å². The first-order valence-corrected chi connectivity index (χ1v) is 7.79. The lowest BCUT2D eigenvalue weighted by Crippen LogP contribution is -2.30. The Morgan fingerprint density at radius 2 is 2.10 bits per heavy atom. The Morgan fingerprint density at radius 3 is 2.57 bits per heavy atom. The van der Waals surface area contributed by atoms with Gasteiger partial charge in [-0.05, 0) is 24.2 Å². The number of hydrogen-bond acceptors (Lipinski definition) is 5. The molecule has 118 valence electrons. The maximum absolute atomic E-state index is 11.8. The second-order valence-electron chi connectivity index (χ2n) is 6.11. The van der Waals surface area contributed by atoms with Crippen LogP contribution in [0.4, 0.5) is 5.13 Å². The quantitative estimate of drug-likeness (QED) is 0.716. The van der Waals surface area contributed by atoms with E-state index in [-0.39, 0.29) is 23.7 Å². The van der Waals surface area contributed by atoms with Gasteiger partial charge in [-0.2, -0.15) is 0 Å². The van der Waals surface area contributed by atoms with Gasteiger partial charge in [-0.25, -0.2) is 4.98 Å². The van der Waals surface area contributed by atoms with Crippen molar-refractivity contribution in [3.8, 4) is 0 Å². The smallest absolute Gasteiger partial charge is 0.303 e. The lowest BCUT2D eigenvalue weighted by Gasteiger charge is -2.30. The highest BCUT2D eigenvalue weighted by molar-refractivity contribution is 7.13. The van der Waals surface area contributed by atoms with Crippen LogP contribution in [0.3, 0.4) is 0 Å². The molecule has 0 aliphatic carbocycles. The first kappa shape index (κ1) is 17.4. The normalized spacial score (nSPS) is 12.9. The van der Waals surface area contributed by atoms with E-state index in [2.05, 4.69) is 31.1 Å². The molecule has 0 saturated heterocycles. The van der Waals surface area contributed by atoms with Crippen molar-refractivity contribution in [2.45, 2.75) is 40.0 Å². The van der Waals surface area contributed by atoms with E-state index < -0.39 is 5.97 Å². The highest BCUT2D eigenvalue weighted by atomic mass is 32.1. The predicted molar refractivity (Wildman–Crippen MR) is 83.3 cm³/mol. The fourth-order valence-corrected chi connectivity index (χ4v) is 2.69. The van der Waals surface area contributed by atoms with Gasteiger partial charge in [-0.1, -0.05) is 20.8 Å². The van der Waals surface area contributed by atoms with E-state index in [1.165, 1.54) is 11.3 Å². The van der Waals surface area contributed by atoms with Crippen LogP contribution < -0.4 is 11.1 Å². The van der Waals surface area contributed by atoms with Crippen LogP contribution in [0, 0.1) is 11.3 Å². The number of carboxylic acids is 1. The third-order valence-corrected chi connectivity index (χ3v) is 4.14. The molecule has 1 heterocycles. The summed E-state index contributed by atoms with van der Waals surface area (Å²) in [6, 6.07) is 0. The highest BCUT2D eigenvalue weighted by Gasteiger charge is 2.25. The number of hydrogen-bond donors (Lipinski definition) is 3. The summed E-state index contributed by atoms with van der Waals surface area (Å²) in [6.07, 6.45) is 1.50. The van der Waals surface area contributed by atoms with E-state index in [1.54, 1.807) is 5.38 Å². The third kappa shape index (κ3) is 6.12. The minimum atomic E-state index is -0.786. The number of carbonyl (C=O) groups excluding carboxylic acids is 1. The number of aromatic nitrogens is 1. The molecule has 1 atom stereocenters. The number of carboxylic acid groups (broad SMARTS) is 1. The number of nitrogen functional groups attached to an aromatic ring is 1. The van der Waals surface area contributed by atoms with Gasteiger partial charge in [0.25, 0.3) is 5.91 Å². The summed E-state index contributed by atoms with van der Waals surface area (Å²) in [4.78, 5) is 26.5. The van der Waals surface area contributed by atoms with Gasteiger partial charge in [0, 0.05) is 18.3 Å². The van der Waals surface area contributed by atoms with Gasteiger partial charge in [0.1, 0.15) is 5.69 Å². The molecule has 0 saturated carbocycles. The molecular weight excluding hydrogens is 290 g/mol. The van der Waals surface area contributed by atoms with E-state index in [4.69, 9.17) is 10.8 Å². The molecule has 0 aliphatic rings. The van der Waals surface area contributed by atoms with Crippen LogP contribution in [0.2, 0.25) is 0 Å². The first-order valence-electron chi connectivity index (χ1n) is 6.91. The van der Waals surface area contributed by atoms with Crippen molar-refractivity contribution in [2.24, 2.45) is 11.3 Å². The third-order valence-electron chi connectivity index (χ3n) is 3.46. The molecule has 1 aromatic rings. The summed E-state index contributed by atoms with van der Waals surface area (Å²) in [5.74, 6) is -0.797. The maximum Gasteiger partial charge on any atom is 0.303 e. The van der Waals surface area contributed by atoms with Gasteiger partial charge in [0.15, 0.2) is 5.13 Å². The molecule has 0 aliphatic heterocycles. The van der Waals surface area contributed by atoms with Crippen LogP contribution in [-0.4, -0.2) is 28.5 Å². The van der Waals surface area contributed by atoms with Crippen LogP contribution in [0.1, 0.15) is 50.5 Å². The van der Waals surface area contributed by atoms with E-state index >= 15 is 0 Å². The summed E-state index contributed by atoms with van der Waals surface area (Å²) in [5, 5.41) is 13.6. The minimum Gasteiger partial charge on any atom is -0.481 e. The second kappa shape index (κ2) is 7.40. The maximum atomic E-state index is 11.8. The lowest BCUT2D eigenvalue weighted by atomic mass is 9.76. The Hall–Kier alpha value is -1.63. The number of nitrogens with one attached hydrogen (secondary N) is 1. The number of nitrogens with two attached hydrogens (primary N) is 1. The average Bonchev–Trinajstić information content (AvgIpc) is 2.78. The van der Waals surface area contributed by atoms with E-state index in [0.717, 1.165) is 6.42 Å². The molecule has 4 N–H and O–H groups in total. The Kier molecular flexibility index (Phi) is 6.14. The summed E-state index contributed by atoms with van der Waals surface area (Å²) in [7, 11) is 0. The summed E-state index contributed by atoms with van der Waals surface area (Å²) in [6.45, 7) is 6.76. The Balaban J connectivity index is 2.46. The molecular formula is C14H23N3O3S. The standard InChI is InChI=1S/C14H23N3O3S/c1-14(2,3)9(4-5-11(18)19)6-7-16-12(20)10-8-21-13(15)17-10/h8-9H,4-7H2,1-3H3,(H2,15,17)(H,16,20)(H,18,19). The SMILES string of the molecule is CC(C)(C)C(CCNC(=O)c1csc(N)n1)CCC(=O)O. The number of anilines is 1. The number of nitrogens with zero attached hydrogens (tertiary/aromatic N) is 1. The largest absolute Gasteiger partial charge is 0.481 e. The minimum absolute atomic E-state index is 0.00520.